The Morgan fingerprint density at radius 3 is 0.974 bits per heavy atom. The summed E-state index contributed by atoms with van der Waals surface area (Å²) in [5, 5.41) is 25.0. The molecule has 0 aliphatic heterocycles. The Kier molecular flexibility index (Phi) is 218. The highest BCUT2D eigenvalue weighted by Crippen LogP contribution is 1.87. The Balaban J connectivity index is -0.0000000196. The van der Waals surface area contributed by atoms with Crippen molar-refractivity contribution in [2.75, 3.05) is 79.3 Å². The summed E-state index contributed by atoms with van der Waals surface area (Å²) in [5.41, 5.74) is 0. The van der Waals surface area contributed by atoms with Gasteiger partial charge in [-0.2, -0.15) is 0 Å². The number of aliphatic hydroxyl groups is 3. The maximum Gasteiger partial charge on any atom is 0.330 e. The summed E-state index contributed by atoms with van der Waals surface area (Å²) >= 11 is 0. The Bertz CT molecular complexity index is 285. The molecule has 9 heteroatoms. The molecule has 0 radical (unpaired) electrons. The molecule has 0 saturated carbocycles. The molecule has 0 amide bonds. The second kappa shape index (κ2) is 91.2. The summed E-state index contributed by atoms with van der Waals surface area (Å²) in [6.07, 6.45) is 2.68. The van der Waals surface area contributed by atoms with E-state index in [9.17, 15) is 4.79 Å². The van der Waals surface area contributed by atoms with Gasteiger partial charge in [0.2, 0.25) is 0 Å². The van der Waals surface area contributed by atoms with Gasteiger partial charge in [0, 0.05) is 32.5 Å². The summed E-state index contributed by atoms with van der Waals surface area (Å²) in [4.78, 5) is 10.6. The molecule has 0 spiro atoms. The summed E-state index contributed by atoms with van der Waals surface area (Å²) in [6.45, 7) is 7.51. The second-order valence-corrected chi connectivity index (χ2v) is 4.70. The number of esters is 1. The van der Waals surface area contributed by atoms with E-state index >= 15 is 0 Å². The van der Waals surface area contributed by atoms with Gasteiger partial charge in [-0.3, -0.25) is 0 Å². The van der Waals surface area contributed by atoms with Gasteiger partial charge in [-0.1, -0.05) is 95.7 Å². The van der Waals surface area contributed by atoms with Crippen molar-refractivity contribution in [2.45, 2.75) is 102 Å². The average molecular weight is 575 g/mol. The maximum absolute atomic E-state index is 10.6. The first-order chi connectivity index (χ1) is 12.7. The van der Waals surface area contributed by atoms with Crippen molar-refractivity contribution in [1.82, 2.24) is 0 Å². The molecule has 0 saturated heterocycles. The normalized spacial score (nSPS) is 6.92. The van der Waals surface area contributed by atoms with Crippen LogP contribution in [-0.4, -0.2) is 101 Å². The summed E-state index contributed by atoms with van der Waals surface area (Å²) in [6, 6.07) is 0. The van der Waals surface area contributed by atoms with Gasteiger partial charge < -0.3 is 39.0 Å². The lowest BCUT2D eigenvalue weighted by Crippen LogP contribution is -2.10. The lowest BCUT2D eigenvalue weighted by Gasteiger charge is -2.04. The van der Waals surface area contributed by atoms with Gasteiger partial charge in [0.15, 0.2) is 0 Å². The third-order valence-corrected chi connectivity index (χ3v) is 2.50. The highest BCUT2D eigenvalue weighted by atomic mass is 16.6. The van der Waals surface area contributed by atoms with E-state index in [-0.39, 0.29) is 116 Å². The highest BCUT2D eigenvalue weighted by Gasteiger charge is 1.95. The predicted octanol–water partition coefficient (Wildman–Crippen LogP) is 7.16. The second-order valence-electron chi connectivity index (χ2n) is 4.70. The van der Waals surface area contributed by atoms with E-state index in [1.807, 2.05) is 0 Å². The predicted molar refractivity (Wildman–Crippen MR) is 176 cm³/mol. The number of carbonyl (C=O) groups is 1. The van der Waals surface area contributed by atoms with E-state index in [0.29, 0.717) is 52.9 Å². The zero-order valence-corrected chi connectivity index (χ0v) is 15.5. The van der Waals surface area contributed by atoms with Crippen LogP contribution in [0.2, 0.25) is 0 Å². The van der Waals surface area contributed by atoms with E-state index in [0.717, 1.165) is 18.9 Å². The van der Waals surface area contributed by atoms with E-state index in [4.69, 9.17) is 34.3 Å². The molecule has 0 atom stereocenters. The number of ether oxygens (including phenoxy) is 5. The van der Waals surface area contributed by atoms with Crippen molar-refractivity contribution < 1.29 is 43.8 Å². The molecule has 0 aliphatic rings. The fourth-order valence-electron chi connectivity index (χ4n) is 1.39. The quantitative estimate of drug-likeness (QED) is 0.0888. The van der Waals surface area contributed by atoms with Crippen LogP contribution in [0.15, 0.2) is 12.7 Å². The van der Waals surface area contributed by atoms with Crippen molar-refractivity contribution in [3.63, 3.8) is 0 Å². The SMILES string of the molecule is C.C.C.C.C.C.C.C.C.C.C.C.C=CC(=O)OCCOCCCOCCO.OCCOCCCOCCO. The summed E-state index contributed by atoms with van der Waals surface area (Å²) in [5.74, 6) is -0.440. The van der Waals surface area contributed by atoms with Crippen LogP contribution >= 0.6 is 0 Å². The highest BCUT2D eigenvalue weighted by molar-refractivity contribution is 5.81. The lowest BCUT2D eigenvalue weighted by molar-refractivity contribution is -0.139. The molecule has 0 rings (SSSR count). The van der Waals surface area contributed by atoms with Crippen LogP contribution < -0.4 is 0 Å². The third-order valence-electron chi connectivity index (χ3n) is 2.50. The van der Waals surface area contributed by atoms with Crippen LogP contribution in [0.3, 0.4) is 0 Å². The van der Waals surface area contributed by atoms with E-state index < -0.39 is 5.97 Å². The zero-order chi connectivity index (χ0) is 19.7. The minimum Gasteiger partial charge on any atom is -0.460 e. The van der Waals surface area contributed by atoms with Crippen LogP contribution in [0.4, 0.5) is 0 Å². The first-order valence-electron chi connectivity index (χ1n) is 8.65. The molecule has 0 aromatic carbocycles. The van der Waals surface area contributed by atoms with Gasteiger partial charge in [0.25, 0.3) is 0 Å². The molecule has 3 N–H and O–H groups in total. The van der Waals surface area contributed by atoms with Gasteiger partial charge >= 0.3 is 5.97 Å². The molecule has 252 valence electrons. The van der Waals surface area contributed by atoms with Crippen LogP contribution in [-0.2, 0) is 28.5 Å². The van der Waals surface area contributed by atoms with Crippen molar-refractivity contribution in [1.29, 1.82) is 0 Å². The molecule has 0 aromatic heterocycles. The molecular formula is C29H82O9. The minimum absolute atomic E-state index is 0. The van der Waals surface area contributed by atoms with E-state index in [1.165, 1.54) is 0 Å². The molecule has 0 fully saturated rings. The van der Waals surface area contributed by atoms with E-state index in [1.54, 1.807) is 0 Å². The monoisotopic (exact) mass is 575 g/mol. The Morgan fingerprint density at radius 2 is 0.737 bits per heavy atom. The van der Waals surface area contributed by atoms with Gasteiger partial charge in [-0.05, 0) is 12.8 Å². The smallest absolute Gasteiger partial charge is 0.330 e. The van der Waals surface area contributed by atoms with Gasteiger partial charge in [-0.25, -0.2) is 4.79 Å². The van der Waals surface area contributed by atoms with Gasteiger partial charge in [0.05, 0.1) is 46.2 Å². The number of carbonyl (C=O) groups excluding carboxylic acids is 1. The molecular weight excluding hydrogens is 492 g/mol. The zero-order valence-electron chi connectivity index (χ0n) is 15.5. The fraction of sp³-hybridized carbons (Fsp3) is 0.897. The Hall–Kier alpha value is -1.07. The van der Waals surface area contributed by atoms with Crippen LogP contribution in [0.25, 0.3) is 0 Å². The van der Waals surface area contributed by atoms with Crippen molar-refractivity contribution >= 4 is 5.97 Å². The number of hydrogen-bond donors (Lipinski definition) is 3. The molecule has 0 bridgehead atoms. The van der Waals surface area contributed by atoms with Crippen LogP contribution in [0.1, 0.15) is 102 Å². The van der Waals surface area contributed by atoms with Gasteiger partial charge in [-0.15, -0.1) is 0 Å². The largest absolute Gasteiger partial charge is 0.460 e. The van der Waals surface area contributed by atoms with Crippen molar-refractivity contribution in [3.8, 4) is 0 Å². The van der Waals surface area contributed by atoms with Crippen LogP contribution in [0, 0.1) is 0 Å². The van der Waals surface area contributed by atoms with Gasteiger partial charge in [0.1, 0.15) is 6.61 Å². The number of aliphatic hydroxyl groups excluding tert-OH is 3. The Labute approximate surface area is 243 Å². The third kappa shape index (κ3) is 101. The lowest BCUT2D eigenvalue weighted by atomic mass is 10.5. The molecule has 0 unspecified atom stereocenters. The standard InChI is InChI=1S/C10H18O5.C7H16O4.12CH4/c1-2-10(12)15-9-8-14-6-3-5-13-7-4-11;8-2-6-10-4-1-5-11-7-3-9;;;;;;;;;;;;/h2,11H,1,3-9H2;8-9H,1-7H2;12*1H4. The summed E-state index contributed by atoms with van der Waals surface area (Å²) < 4.78 is 24.8. The van der Waals surface area contributed by atoms with E-state index in [2.05, 4.69) is 11.3 Å². The summed E-state index contributed by atoms with van der Waals surface area (Å²) in [7, 11) is 0. The molecule has 0 heterocycles. The molecule has 38 heavy (non-hydrogen) atoms. The number of rotatable bonds is 18. The Morgan fingerprint density at radius 1 is 0.474 bits per heavy atom. The topological polar surface area (TPSA) is 124 Å². The minimum atomic E-state index is -0.440. The first kappa shape index (κ1) is 90.7. The van der Waals surface area contributed by atoms with Crippen molar-refractivity contribution in [2.24, 2.45) is 0 Å². The van der Waals surface area contributed by atoms with Crippen LogP contribution in [0.5, 0.6) is 0 Å². The maximum atomic E-state index is 10.6. The fourth-order valence-corrected chi connectivity index (χ4v) is 1.39. The molecule has 0 aromatic rings. The molecule has 9 nitrogen and oxygen atoms in total. The average Bonchev–Trinajstić information content (AvgIpc) is 2.66. The van der Waals surface area contributed by atoms with Crippen molar-refractivity contribution in [3.05, 3.63) is 12.7 Å². The molecule has 0 aliphatic carbocycles. The number of hydrogen-bond acceptors (Lipinski definition) is 9. The first-order valence-corrected chi connectivity index (χ1v) is 8.65.